The number of hydrogen-bond acceptors (Lipinski definition) is 9. The van der Waals surface area contributed by atoms with Gasteiger partial charge in [-0.1, -0.05) is 67.4 Å². The summed E-state index contributed by atoms with van der Waals surface area (Å²) in [5, 5.41) is 27.3. The maximum atomic E-state index is 13.2. The zero-order chi connectivity index (χ0) is 29.5. The van der Waals surface area contributed by atoms with E-state index in [4.69, 9.17) is 11.6 Å². The van der Waals surface area contributed by atoms with Crippen molar-refractivity contribution < 1.29 is 14.7 Å². The molecule has 3 aromatic heterocycles. The molecule has 1 amide bonds. The first-order chi connectivity index (χ1) is 20.4. The molecule has 1 unspecified atom stereocenters. The Bertz CT molecular complexity index is 1670. The van der Waals surface area contributed by atoms with Gasteiger partial charge in [0.15, 0.2) is 10.8 Å². The average molecular weight is 603 g/mol. The van der Waals surface area contributed by atoms with Gasteiger partial charge in [0.25, 0.3) is 5.91 Å². The first-order valence-electron chi connectivity index (χ1n) is 13.3. The predicted octanol–water partition coefficient (Wildman–Crippen LogP) is 4.79. The first-order valence-corrected chi connectivity index (χ1v) is 14.5. The summed E-state index contributed by atoms with van der Waals surface area (Å²) in [5.74, 6) is -0.440. The molecule has 5 rings (SSSR count). The number of aliphatic carboxylic acids is 1. The molecule has 0 aliphatic carbocycles. The van der Waals surface area contributed by atoms with E-state index in [0.717, 1.165) is 39.2 Å². The highest BCUT2D eigenvalue weighted by Gasteiger charge is 2.23. The van der Waals surface area contributed by atoms with Gasteiger partial charge >= 0.3 is 5.97 Å². The van der Waals surface area contributed by atoms with E-state index >= 15 is 0 Å². The molecule has 3 N–H and O–H groups in total. The second kappa shape index (κ2) is 13.4. The number of aromatic amines is 1. The smallest absolute Gasteiger partial charge is 0.305 e. The Morgan fingerprint density at radius 2 is 1.76 bits per heavy atom. The summed E-state index contributed by atoms with van der Waals surface area (Å²) in [6.45, 7) is 2.05. The lowest BCUT2D eigenvalue weighted by molar-refractivity contribution is -0.137. The van der Waals surface area contributed by atoms with Gasteiger partial charge in [-0.05, 0) is 35.2 Å². The highest BCUT2D eigenvalue weighted by Crippen LogP contribution is 2.28. The fourth-order valence-corrected chi connectivity index (χ4v) is 5.79. The number of halogens is 1. The van der Waals surface area contributed by atoms with Crippen molar-refractivity contribution >= 4 is 34.8 Å². The number of nitrogens with one attached hydrogen (secondary N) is 2. The summed E-state index contributed by atoms with van der Waals surface area (Å²) in [6, 6.07) is 14.1. The van der Waals surface area contributed by atoms with Crippen molar-refractivity contribution in [3.63, 3.8) is 0 Å². The van der Waals surface area contributed by atoms with Gasteiger partial charge in [0.2, 0.25) is 5.82 Å². The van der Waals surface area contributed by atoms with Gasteiger partial charge in [-0.3, -0.25) is 9.59 Å². The Balaban J connectivity index is 1.33. The van der Waals surface area contributed by atoms with Crippen LogP contribution < -0.4 is 5.32 Å². The van der Waals surface area contributed by atoms with Gasteiger partial charge in [-0.2, -0.15) is 5.21 Å². The Hall–Kier alpha value is -4.55. The van der Waals surface area contributed by atoms with E-state index < -0.39 is 17.9 Å². The largest absolute Gasteiger partial charge is 0.481 e. The number of benzene rings is 2. The van der Waals surface area contributed by atoms with Gasteiger partial charge in [0, 0.05) is 45.9 Å². The summed E-state index contributed by atoms with van der Waals surface area (Å²) >= 11 is 7.57. The van der Waals surface area contributed by atoms with Crippen molar-refractivity contribution in [1.82, 2.24) is 40.9 Å². The van der Waals surface area contributed by atoms with E-state index in [1.54, 1.807) is 24.5 Å². The normalized spacial score (nSPS) is 11.8. The standard InChI is InChI=1S/C29H27ClN8O3S/c1-2-7-23-24(12-17-15-31-26(32-16-17)20-9-4-5-10-21(20)27-35-37-38-36-27)42-29(34-23)28(41)33-19(14-25(39)40)13-18-8-3-6-11-22(18)30/h3-6,8-11,15-16,19H,2,7,12-14H2,1H3,(H,33,41)(H,39,40)(H,35,36,37,38). The molecule has 0 spiro atoms. The van der Waals surface area contributed by atoms with Crippen LogP contribution in [0.4, 0.5) is 0 Å². The molecule has 11 nitrogen and oxygen atoms in total. The molecule has 0 saturated carbocycles. The summed E-state index contributed by atoms with van der Waals surface area (Å²) in [5.41, 5.74) is 4.01. The zero-order valence-electron chi connectivity index (χ0n) is 22.6. The van der Waals surface area contributed by atoms with E-state index in [9.17, 15) is 14.7 Å². The number of nitrogens with zero attached hydrogens (tertiary/aromatic N) is 6. The fourth-order valence-electron chi connectivity index (χ4n) is 4.53. The van der Waals surface area contributed by atoms with Crippen molar-refractivity contribution in [2.75, 3.05) is 0 Å². The third-order valence-electron chi connectivity index (χ3n) is 6.46. The van der Waals surface area contributed by atoms with Crippen molar-refractivity contribution in [3.05, 3.63) is 92.7 Å². The number of rotatable bonds is 12. The van der Waals surface area contributed by atoms with Crippen LogP contribution in [0.5, 0.6) is 0 Å². The van der Waals surface area contributed by atoms with Crippen LogP contribution in [0.25, 0.3) is 22.8 Å². The molecule has 0 aliphatic heterocycles. The van der Waals surface area contributed by atoms with Crippen LogP contribution >= 0.6 is 22.9 Å². The van der Waals surface area contributed by atoms with Crippen LogP contribution in [-0.2, 0) is 24.1 Å². The molecule has 1 atom stereocenters. The van der Waals surface area contributed by atoms with Crippen LogP contribution in [0.1, 0.15) is 51.3 Å². The Labute approximate surface area is 250 Å². The summed E-state index contributed by atoms with van der Waals surface area (Å²) < 4.78 is 0. The number of aryl methyl sites for hydroxylation is 1. The molecule has 5 aromatic rings. The van der Waals surface area contributed by atoms with E-state index in [0.29, 0.717) is 29.5 Å². The number of carbonyl (C=O) groups excluding carboxylic acids is 1. The monoisotopic (exact) mass is 602 g/mol. The Morgan fingerprint density at radius 1 is 1.05 bits per heavy atom. The number of amides is 1. The molecule has 2 aromatic carbocycles. The lowest BCUT2D eigenvalue weighted by atomic mass is 10.0. The third-order valence-corrected chi connectivity index (χ3v) is 7.93. The number of hydrogen-bond donors (Lipinski definition) is 3. The molecule has 13 heteroatoms. The van der Waals surface area contributed by atoms with Gasteiger partial charge < -0.3 is 10.4 Å². The van der Waals surface area contributed by atoms with Crippen LogP contribution in [0.3, 0.4) is 0 Å². The maximum Gasteiger partial charge on any atom is 0.305 e. The van der Waals surface area contributed by atoms with Crippen LogP contribution in [-0.4, -0.2) is 58.6 Å². The molecule has 214 valence electrons. The van der Waals surface area contributed by atoms with Crippen molar-refractivity contribution in [1.29, 1.82) is 0 Å². The van der Waals surface area contributed by atoms with Crippen molar-refractivity contribution in [2.45, 2.75) is 45.1 Å². The molecule has 0 fully saturated rings. The zero-order valence-corrected chi connectivity index (χ0v) is 24.2. The van der Waals surface area contributed by atoms with Gasteiger partial charge in [-0.15, -0.1) is 21.5 Å². The second-order valence-electron chi connectivity index (χ2n) is 9.58. The Kier molecular flexibility index (Phi) is 9.25. The molecule has 0 radical (unpaired) electrons. The highest BCUT2D eigenvalue weighted by atomic mass is 35.5. The SMILES string of the molecule is CCCc1nc(C(=O)NC(CC(=O)O)Cc2ccccc2Cl)sc1Cc1cnc(-c2ccccc2-c2nn[nH]n2)nc1. The lowest BCUT2D eigenvalue weighted by Crippen LogP contribution is -2.38. The van der Waals surface area contributed by atoms with E-state index in [1.165, 1.54) is 11.3 Å². The van der Waals surface area contributed by atoms with Crippen LogP contribution in [0.2, 0.25) is 5.02 Å². The highest BCUT2D eigenvalue weighted by molar-refractivity contribution is 7.13. The predicted molar refractivity (Wildman–Crippen MR) is 158 cm³/mol. The maximum absolute atomic E-state index is 13.2. The lowest BCUT2D eigenvalue weighted by Gasteiger charge is -2.17. The fraction of sp³-hybridized carbons (Fsp3) is 0.241. The second-order valence-corrected chi connectivity index (χ2v) is 11.1. The van der Waals surface area contributed by atoms with Gasteiger partial charge in [-0.25, -0.2) is 15.0 Å². The summed E-state index contributed by atoms with van der Waals surface area (Å²) in [6.07, 6.45) is 5.63. The number of aromatic nitrogens is 7. The topological polar surface area (TPSA) is 160 Å². The minimum Gasteiger partial charge on any atom is -0.481 e. The number of tetrazole rings is 1. The number of H-pyrrole nitrogens is 1. The summed E-state index contributed by atoms with van der Waals surface area (Å²) in [7, 11) is 0. The van der Waals surface area contributed by atoms with E-state index in [1.807, 2.05) is 36.4 Å². The third kappa shape index (κ3) is 7.01. The Morgan fingerprint density at radius 3 is 2.43 bits per heavy atom. The molecule has 0 saturated heterocycles. The number of thiazole rings is 1. The number of carbonyl (C=O) groups is 2. The van der Waals surface area contributed by atoms with Gasteiger partial charge in [0.05, 0.1) is 12.1 Å². The minimum atomic E-state index is -1.01. The number of carboxylic acids is 1. The first kappa shape index (κ1) is 29.0. The molecular weight excluding hydrogens is 576 g/mol. The molecule has 0 bridgehead atoms. The van der Waals surface area contributed by atoms with E-state index in [-0.39, 0.29) is 17.8 Å². The van der Waals surface area contributed by atoms with Crippen LogP contribution in [0.15, 0.2) is 60.9 Å². The molecule has 3 heterocycles. The molecule has 42 heavy (non-hydrogen) atoms. The summed E-state index contributed by atoms with van der Waals surface area (Å²) in [4.78, 5) is 39.5. The quantitative estimate of drug-likeness (QED) is 0.182. The van der Waals surface area contributed by atoms with E-state index in [2.05, 4.69) is 47.8 Å². The molecule has 0 aliphatic rings. The van der Waals surface area contributed by atoms with Gasteiger partial charge in [0.1, 0.15) is 0 Å². The van der Waals surface area contributed by atoms with Crippen molar-refractivity contribution in [3.8, 4) is 22.8 Å². The average Bonchev–Trinajstić information content (AvgIpc) is 3.66. The minimum absolute atomic E-state index is 0.240. The molecular formula is C29H27ClN8O3S. The van der Waals surface area contributed by atoms with Crippen molar-refractivity contribution in [2.24, 2.45) is 0 Å². The van der Waals surface area contributed by atoms with Crippen LogP contribution in [0, 0.1) is 0 Å². The number of carboxylic acid groups (broad SMARTS) is 1.